The molecule has 2 heterocycles. The maximum Gasteiger partial charge on any atom is 0.190 e. The summed E-state index contributed by atoms with van der Waals surface area (Å²) in [5.74, 6) is 2.36. The quantitative estimate of drug-likeness (QED) is 0.711. The van der Waals surface area contributed by atoms with E-state index in [4.69, 9.17) is 14.2 Å². The summed E-state index contributed by atoms with van der Waals surface area (Å²) in [6, 6.07) is 6.94. The molecule has 4 nitrogen and oxygen atoms in total. The van der Waals surface area contributed by atoms with Crippen LogP contribution in [0, 0.1) is 11.8 Å². The number of ether oxygens (including phenoxy) is 3. The Morgan fingerprint density at radius 3 is 2.11 bits per heavy atom. The van der Waals surface area contributed by atoms with E-state index in [1.807, 2.05) is 0 Å². The van der Waals surface area contributed by atoms with Crippen LogP contribution in [-0.4, -0.2) is 33.1 Å². The normalized spacial score (nSPS) is 26.5. The van der Waals surface area contributed by atoms with Crippen LogP contribution >= 0.6 is 0 Å². The molecule has 1 aromatic carbocycles. The van der Waals surface area contributed by atoms with E-state index in [1.165, 1.54) is 75.5 Å². The summed E-state index contributed by atoms with van der Waals surface area (Å²) in [7, 11) is 0. The summed E-state index contributed by atoms with van der Waals surface area (Å²) in [5, 5.41) is 0. The van der Waals surface area contributed by atoms with Crippen molar-refractivity contribution in [1.82, 2.24) is 0 Å². The van der Waals surface area contributed by atoms with Gasteiger partial charge in [-0.15, -0.1) is 0 Å². The molecular weight excluding hydrogens is 350 g/mol. The number of hydrogen-bond donors (Lipinski definition) is 0. The summed E-state index contributed by atoms with van der Waals surface area (Å²) in [6.45, 7) is 3.97. The molecule has 1 aromatic rings. The van der Waals surface area contributed by atoms with Gasteiger partial charge in [0.2, 0.25) is 0 Å². The molecule has 1 saturated heterocycles. The standard InChI is InChI=1S/C24H35NO3/c1-3-7-19(8-4-1)24(20-9-5-2-6-10-20)22-12-11-21(17-23(22)27-18-28-24)25-13-15-26-16-14-25/h11-12,17,19-20H,1-10,13-16,18H2. The van der Waals surface area contributed by atoms with Gasteiger partial charge >= 0.3 is 0 Å². The van der Waals surface area contributed by atoms with Crippen LogP contribution in [0.15, 0.2) is 18.2 Å². The number of benzene rings is 1. The van der Waals surface area contributed by atoms with Gasteiger partial charge in [-0.2, -0.15) is 0 Å². The van der Waals surface area contributed by atoms with E-state index in [-0.39, 0.29) is 5.60 Å². The fourth-order valence-electron chi connectivity index (χ4n) is 6.31. The third kappa shape index (κ3) is 3.33. The van der Waals surface area contributed by atoms with E-state index in [0.717, 1.165) is 32.1 Å². The van der Waals surface area contributed by atoms with Crippen molar-refractivity contribution in [3.05, 3.63) is 23.8 Å². The smallest absolute Gasteiger partial charge is 0.190 e. The molecule has 5 rings (SSSR count). The van der Waals surface area contributed by atoms with Crippen LogP contribution < -0.4 is 9.64 Å². The van der Waals surface area contributed by atoms with Gasteiger partial charge in [0.15, 0.2) is 6.79 Å². The van der Waals surface area contributed by atoms with Gasteiger partial charge in [0, 0.05) is 30.4 Å². The predicted octanol–water partition coefficient (Wildman–Crippen LogP) is 5.25. The van der Waals surface area contributed by atoms with Crippen molar-refractivity contribution in [2.45, 2.75) is 69.8 Å². The Kier molecular flexibility index (Phi) is 5.51. The van der Waals surface area contributed by atoms with Gasteiger partial charge in [-0.3, -0.25) is 0 Å². The maximum atomic E-state index is 6.70. The number of morpholine rings is 1. The first-order chi connectivity index (χ1) is 13.9. The van der Waals surface area contributed by atoms with E-state index in [1.54, 1.807) is 0 Å². The largest absolute Gasteiger partial charge is 0.467 e. The van der Waals surface area contributed by atoms with Gasteiger partial charge in [-0.05, 0) is 43.6 Å². The molecule has 0 unspecified atom stereocenters. The average molecular weight is 386 g/mol. The third-order valence-corrected chi connectivity index (χ3v) is 7.70. The van der Waals surface area contributed by atoms with Crippen LogP contribution in [0.2, 0.25) is 0 Å². The molecule has 0 atom stereocenters. The summed E-state index contributed by atoms with van der Waals surface area (Å²) >= 11 is 0. The summed E-state index contributed by atoms with van der Waals surface area (Å²) in [6.07, 6.45) is 13.4. The lowest BCUT2D eigenvalue weighted by atomic mass is 9.63. The Morgan fingerprint density at radius 2 is 1.46 bits per heavy atom. The van der Waals surface area contributed by atoms with Gasteiger partial charge in [-0.1, -0.05) is 44.6 Å². The number of hydrogen-bond acceptors (Lipinski definition) is 4. The first kappa shape index (κ1) is 18.7. The van der Waals surface area contributed by atoms with Crippen LogP contribution in [0.3, 0.4) is 0 Å². The summed E-state index contributed by atoms with van der Waals surface area (Å²) in [4.78, 5) is 2.42. The van der Waals surface area contributed by atoms with Crippen molar-refractivity contribution in [3.8, 4) is 5.75 Å². The number of nitrogens with zero attached hydrogens (tertiary/aromatic N) is 1. The molecule has 2 aliphatic carbocycles. The van der Waals surface area contributed by atoms with E-state index in [0.29, 0.717) is 18.6 Å². The Balaban J connectivity index is 1.53. The zero-order chi connectivity index (χ0) is 18.8. The molecule has 0 spiro atoms. The minimum Gasteiger partial charge on any atom is -0.467 e. The van der Waals surface area contributed by atoms with Gasteiger partial charge < -0.3 is 19.1 Å². The second kappa shape index (κ2) is 8.23. The number of fused-ring (bicyclic) bond motifs is 1. The molecule has 2 aliphatic heterocycles. The van der Waals surface area contributed by atoms with Crippen molar-refractivity contribution in [2.75, 3.05) is 38.0 Å². The average Bonchev–Trinajstić information content (AvgIpc) is 2.80. The lowest BCUT2D eigenvalue weighted by Gasteiger charge is -2.51. The number of rotatable bonds is 3. The third-order valence-electron chi connectivity index (χ3n) is 7.70. The van der Waals surface area contributed by atoms with E-state index in [9.17, 15) is 0 Å². The summed E-state index contributed by atoms with van der Waals surface area (Å²) in [5.41, 5.74) is 2.48. The predicted molar refractivity (Wildman–Crippen MR) is 111 cm³/mol. The van der Waals surface area contributed by atoms with E-state index in [2.05, 4.69) is 23.1 Å². The Morgan fingerprint density at radius 1 is 0.821 bits per heavy atom. The van der Waals surface area contributed by atoms with E-state index >= 15 is 0 Å². The lowest BCUT2D eigenvalue weighted by Crippen LogP contribution is -2.49. The molecule has 4 aliphatic rings. The molecule has 28 heavy (non-hydrogen) atoms. The molecule has 0 bridgehead atoms. The fraction of sp³-hybridized carbons (Fsp3) is 0.750. The monoisotopic (exact) mass is 385 g/mol. The van der Waals surface area contributed by atoms with Gasteiger partial charge in [0.1, 0.15) is 11.4 Å². The lowest BCUT2D eigenvalue weighted by molar-refractivity contribution is -0.202. The van der Waals surface area contributed by atoms with Crippen LogP contribution in [0.25, 0.3) is 0 Å². The first-order valence-corrected chi connectivity index (χ1v) is 11.6. The maximum absolute atomic E-state index is 6.70. The highest BCUT2D eigenvalue weighted by molar-refractivity contribution is 5.56. The minimum absolute atomic E-state index is 0.127. The van der Waals surface area contributed by atoms with Crippen molar-refractivity contribution >= 4 is 5.69 Å². The van der Waals surface area contributed by atoms with Crippen LogP contribution in [0.1, 0.15) is 69.8 Å². The second-order valence-electron chi connectivity index (χ2n) is 9.15. The first-order valence-electron chi connectivity index (χ1n) is 11.6. The van der Waals surface area contributed by atoms with Crippen LogP contribution in [0.4, 0.5) is 5.69 Å². The molecular formula is C24H35NO3. The zero-order valence-corrected chi connectivity index (χ0v) is 17.2. The molecule has 0 radical (unpaired) electrons. The van der Waals surface area contributed by atoms with E-state index < -0.39 is 0 Å². The van der Waals surface area contributed by atoms with Gasteiger partial charge in [0.25, 0.3) is 0 Å². The molecule has 154 valence electrons. The molecule has 4 heteroatoms. The highest BCUT2D eigenvalue weighted by atomic mass is 16.7. The highest BCUT2D eigenvalue weighted by Crippen LogP contribution is 2.55. The Bertz CT molecular complexity index is 640. The van der Waals surface area contributed by atoms with Crippen molar-refractivity contribution in [1.29, 1.82) is 0 Å². The van der Waals surface area contributed by atoms with Crippen LogP contribution in [0.5, 0.6) is 5.75 Å². The molecule has 0 aromatic heterocycles. The topological polar surface area (TPSA) is 30.9 Å². The van der Waals surface area contributed by atoms with Crippen molar-refractivity contribution in [3.63, 3.8) is 0 Å². The minimum atomic E-state index is -0.127. The van der Waals surface area contributed by atoms with Gasteiger partial charge in [0.05, 0.1) is 13.2 Å². The number of anilines is 1. The highest BCUT2D eigenvalue weighted by Gasteiger charge is 2.51. The van der Waals surface area contributed by atoms with Crippen molar-refractivity contribution in [2.24, 2.45) is 11.8 Å². The Hall–Kier alpha value is -1.26. The summed E-state index contributed by atoms with van der Waals surface area (Å²) < 4.78 is 18.3. The van der Waals surface area contributed by atoms with Gasteiger partial charge in [-0.25, -0.2) is 0 Å². The zero-order valence-electron chi connectivity index (χ0n) is 17.2. The molecule has 0 N–H and O–H groups in total. The van der Waals surface area contributed by atoms with Crippen molar-refractivity contribution < 1.29 is 14.2 Å². The molecule has 0 amide bonds. The molecule has 2 saturated carbocycles. The van der Waals surface area contributed by atoms with Crippen LogP contribution in [-0.2, 0) is 15.1 Å². The molecule has 3 fully saturated rings. The SMILES string of the molecule is c1cc2c(cc1N1CCOCC1)OCOC2(C1CCCCC1)C1CCCCC1. The Labute approximate surface area is 169 Å². The fourth-order valence-corrected chi connectivity index (χ4v) is 6.31. The second-order valence-corrected chi connectivity index (χ2v) is 9.15.